The molecule has 2 aromatic rings. The highest BCUT2D eigenvalue weighted by Crippen LogP contribution is 2.23. The molecule has 1 N–H and O–H groups in total. The number of hydrogen-bond donors (Lipinski definition) is 1. The number of aliphatic hydroxyl groups is 1. The van der Waals surface area contributed by atoms with Gasteiger partial charge in [0, 0.05) is 12.6 Å². The highest BCUT2D eigenvalue weighted by molar-refractivity contribution is 6.34. The lowest BCUT2D eigenvalue weighted by Gasteiger charge is -2.00. The van der Waals surface area contributed by atoms with Gasteiger partial charge in [-0.05, 0) is 12.1 Å². The third-order valence-electron chi connectivity index (χ3n) is 2.40. The first kappa shape index (κ1) is 11.9. The van der Waals surface area contributed by atoms with Gasteiger partial charge in [-0.15, -0.1) is 0 Å². The Morgan fingerprint density at radius 3 is 3.06 bits per heavy atom. The van der Waals surface area contributed by atoms with Crippen LogP contribution in [0, 0.1) is 0 Å². The molecule has 17 heavy (non-hydrogen) atoms. The summed E-state index contributed by atoms with van der Waals surface area (Å²) in [6.45, 7) is -0.0494. The fourth-order valence-electron chi connectivity index (χ4n) is 1.68. The van der Waals surface area contributed by atoms with E-state index < -0.39 is 5.97 Å². The largest absolute Gasteiger partial charge is 0.464 e. The summed E-state index contributed by atoms with van der Waals surface area (Å²) in [5.41, 5.74) is 0.672. The van der Waals surface area contributed by atoms with Gasteiger partial charge >= 0.3 is 5.97 Å². The van der Waals surface area contributed by atoms with Crippen LogP contribution >= 0.6 is 11.6 Å². The molecule has 0 unspecified atom stereocenters. The molecule has 6 heteroatoms. The average molecular weight is 255 g/mol. The van der Waals surface area contributed by atoms with E-state index in [1.807, 2.05) is 0 Å². The summed E-state index contributed by atoms with van der Waals surface area (Å²) in [4.78, 5) is 15.7. The van der Waals surface area contributed by atoms with Crippen molar-refractivity contribution in [3.05, 3.63) is 34.9 Å². The second-order valence-electron chi connectivity index (χ2n) is 3.42. The van der Waals surface area contributed by atoms with Gasteiger partial charge in [-0.3, -0.25) is 0 Å². The predicted molar refractivity (Wildman–Crippen MR) is 62.3 cm³/mol. The molecule has 0 spiro atoms. The summed E-state index contributed by atoms with van der Waals surface area (Å²) in [6.07, 6.45) is 2.09. The van der Waals surface area contributed by atoms with E-state index in [1.54, 1.807) is 22.7 Å². The average Bonchev–Trinajstić information content (AvgIpc) is 2.69. The van der Waals surface area contributed by atoms with Crippen LogP contribution < -0.4 is 0 Å². The smallest absolute Gasteiger partial charge is 0.358 e. The number of imidazole rings is 1. The van der Waals surface area contributed by atoms with Crippen LogP contribution in [-0.4, -0.2) is 34.2 Å². The molecule has 0 aliphatic rings. The van der Waals surface area contributed by atoms with E-state index in [-0.39, 0.29) is 12.3 Å². The maximum Gasteiger partial charge on any atom is 0.358 e. The van der Waals surface area contributed by atoms with E-state index in [9.17, 15) is 4.79 Å². The zero-order valence-corrected chi connectivity index (χ0v) is 9.94. The van der Waals surface area contributed by atoms with Gasteiger partial charge in [-0.1, -0.05) is 11.6 Å². The fourth-order valence-corrected chi connectivity index (χ4v) is 1.93. The lowest BCUT2D eigenvalue weighted by atomic mass is 10.3. The molecule has 0 atom stereocenters. The van der Waals surface area contributed by atoms with E-state index >= 15 is 0 Å². The number of aliphatic hydroxyl groups excluding tert-OH is 1. The van der Waals surface area contributed by atoms with Crippen molar-refractivity contribution in [2.75, 3.05) is 13.7 Å². The van der Waals surface area contributed by atoms with Crippen LogP contribution in [0.25, 0.3) is 5.52 Å². The number of ether oxygens (including phenoxy) is 1. The normalized spacial score (nSPS) is 10.8. The number of nitrogens with zero attached hydrogens (tertiary/aromatic N) is 2. The van der Waals surface area contributed by atoms with Gasteiger partial charge in [0.2, 0.25) is 0 Å². The minimum Gasteiger partial charge on any atom is -0.464 e. The highest BCUT2D eigenvalue weighted by Gasteiger charge is 2.19. The Balaban J connectivity index is 2.71. The van der Waals surface area contributed by atoms with Crippen LogP contribution in [0.3, 0.4) is 0 Å². The van der Waals surface area contributed by atoms with E-state index in [0.717, 1.165) is 0 Å². The van der Waals surface area contributed by atoms with E-state index in [4.69, 9.17) is 16.7 Å². The second kappa shape index (κ2) is 4.73. The molecule has 0 aliphatic heterocycles. The summed E-state index contributed by atoms with van der Waals surface area (Å²) in [6, 6.07) is 3.42. The van der Waals surface area contributed by atoms with E-state index in [1.165, 1.54) is 7.11 Å². The van der Waals surface area contributed by atoms with Gasteiger partial charge in [0.05, 0.1) is 24.3 Å². The molecule has 0 fully saturated rings. The van der Waals surface area contributed by atoms with Crippen LogP contribution in [0.15, 0.2) is 18.3 Å². The predicted octanol–water partition coefficient (Wildman–Crippen LogP) is 1.31. The number of halogens is 1. The maximum atomic E-state index is 11.6. The van der Waals surface area contributed by atoms with Gasteiger partial charge in [0.15, 0.2) is 5.69 Å². The van der Waals surface area contributed by atoms with Crippen molar-refractivity contribution in [1.29, 1.82) is 0 Å². The molecule has 5 nitrogen and oxygen atoms in total. The third-order valence-corrected chi connectivity index (χ3v) is 2.71. The van der Waals surface area contributed by atoms with Gasteiger partial charge in [0.25, 0.3) is 0 Å². The molecular formula is C11H11ClN2O3. The van der Waals surface area contributed by atoms with Crippen LogP contribution in [0.5, 0.6) is 0 Å². The Bertz CT molecular complexity index is 565. The Labute approximate surface area is 103 Å². The summed E-state index contributed by atoms with van der Waals surface area (Å²) in [7, 11) is 1.29. The van der Waals surface area contributed by atoms with Crippen molar-refractivity contribution in [3.8, 4) is 0 Å². The Kier molecular flexibility index (Phi) is 3.31. The lowest BCUT2D eigenvalue weighted by Crippen LogP contribution is -2.02. The maximum absolute atomic E-state index is 11.6. The number of hydrogen-bond acceptors (Lipinski definition) is 4. The minimum atomic E-state index is -0.542. The Morgan fingerprint density at radius 2 is 2.41 bits per heavy atom. The standard InChI is InChI=1S/C11H11ClN2O3/c1-17-11(16)9-10-7(12)3-2-5-14(10)8(13-9)4-6-15/h2-3,5,15H,4,6H2,1H3. The van der Waals surface area contributed by atoms with Crippen molar-refractivity contribution < 1.29 is 14.6 Å². The SMILES string of the molecule is COC(=O)c1nc(CCO)n2cccc(Cl)c12. The summed E-state index contributed by atoms with van der Waals surface area (Å²) in [5.74, 6) is 0.0326. The molecule has 2 aromatic heterocycles. The van der Waals surface area contributed by atoms with Gasteiger partial charge < -0.3 is 14.2 Å². The van der Waals surface area contributed by atoms with E-state index in [2.05, 4.69) is 9.72 Å². The Morgan fingerprint density at radius 1 is 1.65 bits per heavy atom. The highest BCUT2D eigenvalue weighted by atomic mass is 35.5. The molecular weight excluding hydrogens is 244 g/mol. The summed E-state index contributed by atoms with van der Waals surface area (Å²) < 4.78 is 6.34. The first-order valence-corrected chi connectivity index (χ1v) is 5.41. The van der Waals surface area contributed by atoms with Crippen LogP contribution in [0.1, 0.15) is 16.3 Å². The molecule has 0 aliphatic carbocycles. The number of pyridine rings is 1. The molecule has 0 amide bonds. The number of carbonyl (C=O) groups is 1. The van der Waals surface area contributed by atoms with Crippen LogP contribution in [-0.2, 0) is 11.2 Å². The number of methoxy groups -OCH3 is 1. The van der Waals surface area contributed by atoms with Gasteiger partial charge in [-0.2, -0.15) is 0 Å². The number of esters is 1. The molecule has 2 rings (SSSR count). The van der Waals surface area contributed by atoms with Crippen molar-refractivity contribution in [1.82, 2.24) is 9.38 Å². The lowest BCUT2D eigenvalue weighted by molar-refractivity contribution is 0.0596. The molecule has 0 saturated heterocycles. The topological polar surface area (TPSA) is 63.8 Å². The molecule has 0 aromatic carbocycles. The number of carbonyl (C=O) groups excluding carboxylic acids is 1. The second-order valence-corrected chi connectivity index (χ2v) is 3.82. The van der Waals surface area contributed by atoms with Crippen LogP contribution in [0.4, 0.5) is 0 Å². The van der Waals surface area contributed by atoms with Crippen molar-refractivity contribution in [2.24, 2.45) is 0 Å². The minimum absolute atomic E-state index is 0.0494. The van der Waals surface area contributed by atoms with Crippen LogP contribution in [0.2, 0.25) is 5.02 Å². The zero-order valence-electron chi connectivity index (χ0n) is 9.18. The van der Waals surface area contributed by atoms with Crippen molar-refractivity contribution >= 4 is 23.1 Å². The third kappa shape index (κ3) is 1.99. The molecule has 2 heterocycles. The number of rotatable bonds is 3. The van der Waals surface area contributed by atoms with Crippen molar-refractivity contribution in [3.63, 3.8) is 0 Å². The number of aromatic nitrogens is 2. The van der Waals surface area contributed by atoms with Gasteiger partial charge in [0.1, 0.15) is 5.82 Å². The molecule has 0 bridgehead atoms. The van der Waals surface area contributed by atoms with E-state index in [0.29, 0.717) is 22.8 Å². The summed E-state index contributed by atoms with van der Waals surface area (Å²) in [5, 5.41) is 9.37. The molecule has 0 radical (unpaired) electrons. The molecule has 0 saturated carbocycles. The quantitative estimate of drug-likeness (QED) is 0.839. The Hall–Kier alpha value is -1.59. The number of fused-ring (bicyclic) bond motifs is 1. The zero-order chi connectivity index (χ0) is 12.4. The monoisotopic (exact) mass is 254 g/mol. The first-order valence-electron chi connectivity index (χ1n) is 5.03. The van der Waals surface area contributed by atoms with Crippen molar-refractivity contribution in [2.45, 2.75) is 6.42 Å². The first-order chi connectivity index (χ1) is 8.19. The summed E-state index contributed by atoms with van der Waals surface area (Å²) >= 11 is 6.05. The molecule has 90 valence electrons. The fraction of sp³-hybridized carbons (Fsp3) is 0.273. The van der Waals surface area contributed by atoms with Gasteiger partial charge in [-0.25, -0.2) is 9.78 Å².